The second kappa shape index (κ2) is 7.91. The van der Waals surface area contributed by atoms with Gasteiger partial charge in [0.1, 0.15) is 11.5 Å². The molecule has 0 aromatic heterocycles. The molecule has 1 N–H and O–H groups in total. The van der Waals surface area contributed by atoms with Crippen molar-refractivity contribution in [3.05, 3.63) is 54.1 Å². The zero-order valence-electron chi connectivity index (χ0n) is 14.9. The van der Waals surface area contributed by atoms with Gasteiger partial charge >= 0.3 is 0 Å². The molecule has 2 aromatic rings. The average Bonchev–Trinajstić information content (AvgIpc) is 3.07. The van der Waals surface area contributed by atoms with Crippen LogP contribution in [0, 0.1) is 5.92 Å². The van der Waals surface area contributed by atoms with Crippen LogP contribution in [0.1, 0.15) is 16.8 Å². The van der Waals surface area contributed by atoms with Crippen LogP contribution in [-0.2, 0) is 4.79 Å². The predicted octanol–water partition coefficient (Wildman–Crippen LogP) is 2.49. The van der Waals surface area contributed by atoms with E-state index in [0.717, 1.165) is 11.4 Å². The summed E-state index contributed by atoms with van der Waals surface area (Å²) in [5, 5.41) is 2.91. The number of methoxy groups -OCH3 is 2. The van der Waals surface area contributed by atoms with Gasteiger partial charge in [-0.1, -0.05) is 0 Å². The Morgan fingerprint density at radius 1 is 1.04 bits per heavy atom. The molecule has 136 valence electrons. The number of carbonyl (C=O) groups excluding carboxylic acids is 2. The highest BCUT2D eigenvalue weighted by molar-refractivity contribution is 5.96. The SMILES string of the molecule is COc1ccc(C(=O)NCC2CC(=O)N(c3ccc(OC)cc3)C2)cc1. The standard InChI is InChI=1S/C20H22N2O4/c1-25-17-7-3-15(4-8-17)20(24)21-12-14-11-19(23)22(13-14)16-5-9-18(26-2)10-6-16/h3-10,14H,11-13H2,1-2H3,(H,21,24). The molecule has 2 amide bonds. The second-order valence-corrected chi connectivity index (χ2v) is 6.21. The topological polar surface area (TPSA) is 67.9 Å². The van der Waals surface area contributed by atoms with Crippen molar-refractivity contribution in [1.82, 2.24) is 5.32 Å². The van der Waals surface area contributed by atoms with E-state index in [0.29, 0.717) is 30.8 Å². The largest absolute Gasteiger partial charge is 0.497 e. The summed E-state index contributed by atoms with van der Waals surface area (Å²) in [4.78, 5) is 26.3. The van der Waals surface area contributed by atoms with Crippen LogP contribution >= 0.6 is 0 Å². The Kier molecular flexibility index (Phi) is 5.41. The zero-order valence-corrected chi connectivity index (χ0v) is 14.9. The molecule has 0 saturated carbocycles. The first-order valence-electron chi connectivity index (χ1n) is 8.47. The van der Waals surface area contributed by atoms with Gasteiger partial charge < -0.3 is 19.7 Å². The molecule has 0 bridgehead atoms. The van der Waals surface area contributed by atoms with Crippen molar-refractivity contribution in [2.24, 2.45) is 5.92 Å². The minimum absolute atomic E-state index is 0.0684. The Morgan fingerprint density at radius 2 is 1.62 bits per heavy atom. The van der Waals surface area contributed by atoms with E-state index in [4.69, 9.17) is 9.47 Å². The Hall–Kier alpha value is -3.02. The second-order valence-electron chi connectivity index (χ2n) is 6.21. The number of benzene rings is 2. The van der Waals surface area contributed by atoms with Crippen molar-refractivity contribution in [2.75, 3.05) is 32.2 Å². The van der Waals surface area contributed by atoms with Crippen molar-refractivity contribution < 1.29 is 19.1 Å². The lowest BCUT2D eigenvalue weighted by Crippen LogP contribution is -2.31. The number of ether oxygens (including phenoxy) is 2. The van der Waals surface area contributed by atoms with Crippen molar-refractivity contribution in [3.63, 3.8) is 0 Å². The van der Waals surface area contributed by atoms with Crippen LogP contribution < -0.4 is 19.7 Å². The first kappa shape index (κ1) is 17.8. The van der Waals surface area contributed by atoms with Gasteiger partial charge in [-0.2, -0.15) is 0 Å². The van der Waals surface area contributed by atoms with E-state index < -0.39 is 0 Å². The van der Waals surface area contributed by atoms with Gasteiger partial charge in [0, 0.05) is 36.7 Å². The van der Waals surface area contributed by atoms with Gasteiger partial charge in [0.25, 0.3) is 5.91 Å². The van der Waals surface area contributed by atoms with E-state index in [-0.39, 0.29) is 17.7 Å². The highest BCUT2D eigenvalue weighted by Crippen LogP contribution is 2.26. The first-order valence-corrected chi connectivity index (χ1v) is 8.47. The molecular weight excluding hydrogens is 332 g/mol. The highest BCUT2D eigenvalue weighted by atomic mass is 16.5. The third-order valence-electron chi connectivity index (χ3n) is 4.49. The normalized spacial score (nSPS) is 16.5. The Balaban J connectivity index is 1.55. The number of anilines is 1. The lowest BCUT2D eigenvalue weighted by Gasteiger charge is -2.17. The molecular formula is C20H22N2O4. The maximum absolute atomic E-state index is 12.3. The minimum Gasteiger partial charge on any atom is -0.497 e. The average molecular weight is 354 g/mol. The monoisotopic (exact) mass is 354 g/mol. The molecule has 0 aliphatic carbocycles. The van der Waals surface area contributed by atoms with Crippen LogP contribution in [0.15, 0.2) is 48.5 Å². The van der Waals surface area contributed by atoms with Crippen molar-refractivity contribution in [1.29, 1.82) is 0 Å². The zero-order chi connectivity index (χ0) is 18.5. The number of rotatable bonds is 6. The summed E-state index contributed by atoms with van der Waals surface area (Å²) in [5.74, 6) is 1.47. The van der Waals surface area contributed by atoms with E-state index in [2.05, 4.69) is 5.32 Å². The van der Waals surface area contributed by atoms with Crippen LogP contribution in [0.3, 0.4) is 0 Å². The molecule has 2 aromatic carbocycles. The minimum atomic E-state index is -0.150. The van der Waals surface area contributed by atoms with Crippen LogP contribution in [0.2, 0.25) is 0 Å². The van der Waals surface area contributed by atoms with Crippen LogP contribution in [-0.4, -0.2) is 39.1 Å². The smallest absolute Gasteiger partial charge is 0.251 e. The van der Waals surface area contributed by atoms with Crippen molar-refractivity contribution in [3.8, 4) is 11.5 Å². The number of nitrogens with zero attached hydrogens (tertiary/aromatic N) is 1. The number of amides is 2. The Morgan fingerprint density at radius 3 is 2.19 bits per heavy atom. The molecule has 1 fully saturated rings. The van der Waals surface area contributed by atoms with Gasteiger partial charge in [-0.25, -0.2) is 0 Å². The number of hydrogen-bond donors (Lipinski definition) is 1. The number of nitrogens with one attached hydrogen (secondary N) is 1. The van der Waals surface area contributed by atoms with Crippen molar-refractivity contribution in [2.45, 2.75) is 6.42 Å². The molecule has 1 aliphatic rings. The quantitative estimate of drug-likeness (QED) is 0.865. The highest BCUT2D eigenvalue weighted by Gasteiger charge is 2.30. The molecule has 1 aliphatic heterocycles. The molecule has 1 saturated heterocycles. The fourth-order valence-corrected chi connectivity index (χ4v) is 3.01. The Bertz CT molecular complexity index is 771. The van der Waals surface area contributed by atoms with Crippen molar-refractivity contribution >= 4 is 17.5 Å². The molecule has 6 nitrogen and oxygen atoms in total. The summed E-state index contributed by atoms with van der Waals surface area (Å²) in [6.45, 7) is 1.05. The van der Waals surface area contributed by atoms with Crippen LogP contribution in [0.25, 0.3) is 0 Å². The van der Waals surface area contributed by atoms with E-state index in [1.807, 2.05) is 24.3 Å². The van der Waals surface area contributed by atoms with Gasteiger partial charge in [-0.15, -0.1) is 0 Å². The van der Waals surface area contributed by atoms with Gasteiger partial charge in [0.15, 0.2) is 0 Å². The summed E-state index contributed by atoms with van der Waals surface area (Å²) in [6.07, 6.45) is 0.426. The maximum atomic E-state index is 12.3. The third-order valence-corrected chi connectivity index (χ3v) is 4.49. The molecule has 3 rings (SSSR count). The first-order chi connectivity index (χ1) is 12.6. The van der Waals surface area contributed by atoms with E-state index >= 15 is 0 Å². The Labute approximate surface area is 152 Å². The van der Waals surface area contributed by atoms with E-state index in [1.165, 1.54) is 0 Å². The van der Waals surface area contributed by atoms with Crippen LogP contribution in [0.4, 0.5) is 5.69 Å². The maximum Gasteiger partial charge on any atom is 0.251 e. The molecule has 1 atom stereocenters. The lowest BCUT2D eigenvalue weighted by molar-refractivity contribution is -0.117. The number of carbonyl (C=O) groups is 2. The predicted molar refractivity (Wildman–Crippen MR) is 98.8 cm³/mol. The molecule has 0 radical (unpaired) electrons. The molecule has 26 heavy (non-hydrogen) atoms. The summed E-state index contributed by atoms with van der Waals surface area (Å²) in [5.41, 5.74) is 1.42. The molecule has 1 unspecified atom stereocenters. The van der Waals surface area contributed by atoms with E-state index in [9.17, 15) is 9.59 Å². The van der Waals surface area contributed by atoms with Crippen LogP contribution in [0.5, 0.6) is 11.5 Å². The van der Waals surface area contributed by atoms with Gasteiger partial charge in [-0.05, 0) is 48.5 Å². The summed E-state index contributed by atoms with van der Waals surface area (Å²) < 4.78 is 10.2. The fraction of sp³-hybridized carbons (Fsp3) is 0.300. The fourth-order valence-electron chi connectivity index (χ4n) is 3.01. The van der Waals surface area contributed by atoms with Gasteiger partial charge in [0.2, 0.25) is 5.91 Å². The molecule has 6 heteroatoms. The third kappa shape index (κ3) is 3.96. The van der Waals surface area contributed by atoms with Gasteiger partial charge in [-0.3, -0.25) is 9.59 Å². The number of hydrogen-bond acceptors (Lipinski definition) is 4. The molecule has 1 heterocycles. The molecule has 0 spiro atoms. The summed E-state index contributed by atoms with van der Waals surface area (Å²) in [6, 6.07) is 14.3. The summed E-state index contributed by atoms with van der Waals surface area (Å²) >= 11 is 0. The van der Waals surface area contributed by atoms with E-state index in [1.54, 1.807) is 43.4 Å². The summed E-state index contributed by atoms with van der Waals surface area (Å²) in [7, 11) is 3.19. The van der Waals surface area contributed by atoms with Gasteiger partial charge in [0.05, 0.1) is 14.2 Å². The lowest BCUT2D eigenvalue weighted by atomic mass is 10.1.